The van der Waals surface area contributed by atoms with Gasteiger partial charge in [0.25, 0.3) is 0 Å². The van der Waals surface area contributed by atoms with Gasteiger partial charge in [-0.05, 0) is 14.0 Å². The van der Waals surface area contributed by atoms with Crippen LogP contribution in [0.5, 0.6) is 0 Å². The van der Waals surface area contributed by atoms with Gasteiger partial charge in [-0.15, -0.1) is 4.90 Å². The molecule has 3 radical (unpaired) electrons. The van der Waals surface area contributed by atoms with Gasteiger partial charge in [-0.3, -0.25) is 0 Å². The molecule has 12 heavy (non-hydrogen) atoms. The van der Waals surface area contributed by atoms with Gasteiger partial charge in [-0.25, -0.2) is 13.3 Å². The van der Waals surface area contributed by atoms with Crippen LogP contribution in [0.25, 0.3) is 0 Å². The summed E-state index contributed by atoms with van der Waals surface area (Å²) in [5.74, 6) is -0.495. The van der Waals surface area contributed by atoms with E-state index in [-0.39, 0.29) is 6.67 Å². The predicted molar refractivity (Wildman–Crippen MR) is 44.2 cm³/mol. The van der Waals surface area contributed by atoms with Crippen LogP contribution in [0.4, 0.5) is 0 Å². The van der Waals surface area contributed by atoms with E-state index in [0.29, 0.717) is 6.54 Å². The lowest BCUT2D eigenvalue weighted by molar-refractivity contribution is 0.306. The van der Waals surface area contributed by atoms with Gasteiger partial charge in [0.15, 0.2) is 16.8 Å². The Hall–Kier alpha value is -0.170. The molecule has 6 heteroatoms. The maximum Gasteiger partial charge on any atom is 0.212 e. The fraction of sp³-hybridized carbons (Fsp3) is 0.833. The Kier molecular flexibility index (Phi) is 4.69. The molecule has 0 spiro atoms. The first-order valence-electron chi connectivity index (χ1n) is 3.47. The summed E-state index contributed by atoms with van der Waals surface area (Å²) < 4.78 is 31.0. The highest BCUT2D eigenvalue weighted by Crippen LogP contribution is 1.90. The maximum absolute atomic E-state index is 10.3. The lowest BCUT2D eigenvalue weighted by atomic mass is 10.6. The second-order valence-electron chi connectivity index (χ2n) is 2.57. The normalized spacial score (nSPS) is 12.8. The van der Waals surface area contributed by atoms with Gasteiger partial charge < -0.3 is 4.55 Å². The van der Waals surface area contributed by atoms with E-state index in [2.05, 4.69) is 0 Å². The lowest BCUT2D eigenvalue weighted by Crippen LogP contribution is -2.41. The van der Waals surface area contributed by atoms with Gasteiger partial charge in [0.05, 0.1) is 0 Å². The molecule has 5 nitrogen and oxygen atoms in total. The quantitative estimate of drug-likeness (QED) is 0.248. The van der Waals surface area contributed by atoms with Crippen LogP contribution in [-0.4, -0.2) is 44.0 Å². The van der Waals surface area contributed by atoms with E-state index >= 15 is 0 Å². The Labute approximate surface area is 73.7 Å². The molecule has 0 aromatic carbocycles. The number of hydrogen-bond acceptors (Lipinski definition) is 5. The van der Waals surface area contributed by atoms with Gasteiger partial charge in [0, 0.05) is 7.05 Å². The summed E-state index contributed by atoms with van der Waals surface area (Å²) in [6.07, 6.45) is 0. The third-order valence-electron chi connectivity index (χ3n) is 1.21. The van der Waals surface area contributed by atoms with Crippen molar-refractivity contribution in [3.63, 3.8) is 0 Å². The smallest absolute Gasteiger partial charge is 0.212 e. The second-order valence-corrected chi connectivity index (χ2v) is 3.95. The van der Waals surface area contributed by atoms with E-state index in [1.807, 2.05) is 0 Å². The minimum atomic E-state index is -4.19. The molecule has 0 aliphatic carbocycles. The molecule has 0 bridgehead atoms. The Morgan fingerprint density at radius 2 is 2.08 bits per heavy atom. The first-order valence-corrected chi connectivity index (χ1v) is 5.04. The minimum Gasteiger partial charge on any atom is -0.743 e. The van der Waals surface area contributed by atoms with Gasteiger partial charge in [-0.2, -0.15) is 0 Å². The third kappa shape index (κ3) is 6.53. The third-order valence-corrected chi connectivity index (χ3v) is 1.89. The number of hydrogen-bond donors (Lipinski definition) is 0. The van der Waals surface area contributed by atoms with Gasteiger partial charge in [0.2, 0.25) is 5.88 Å². The topological polar surface area (TPSA) is 66.3 Å². The standard InChI is InChI=1S/C6H14N2O3S/c1-4-8(5-7(2)3)6-12(9,10)11/h2H,4-6H2,1,3H3,(H,9,10,11)/q+1/p-1. The largest absolute Gasteiger partial charge is 0.743 e. The Morgan fingerprint density at radius 1 is 1.58 bits per heavy atom. The molecule has 0 rings (SSSR count). The van der Waals surface area contributed by atoms with Crippen LogP contribution < -0.4 is 4.90 Å². The van der Waals surface area contributed by atoms with Crippen LogP contribution in [0.3, 0.4) is 0 Å². The highest BCUT2D eigenvalue weighted by atomic mass is 32.2. The molecule has 0 N–H and O–H groups in total. The van der Waals surface area contributed by atoms with Gasteiger partial charge in [0.1, 0.15) is 6.54 Å². The Bertz CT molecular complexity index is 213. The van der Waals surface area contributed by atoms with Crippen LogP contribution in [0.2, 0.25) is 0 Å². The average molecular weight is 193 g/mol. The molecule has 0 aromatic rings. The van der Waals surface area contributed by atoms with E-state index in [9.17, 15) is 13.0 Å². The molecule has 0 unspecified atom stereocenters. The zero-order valence-corrected chi connectivity index (χ0v) is 8.04. The average Bonchev–Trinajstić information content (AvgIpc) is 1.82. The molecule has 0 aliphatic rings. The van der Waals surface area contributed by atoms with Crippen molar-refractivity contribution in [2.24, 2.45) is 0 Å². The zero-order valence-electron chi connectivity index (χ0n) is 7.23. The summed E-state index contributed by atoms with van der Waals surface area (Å²) in [7, 11) is 2.69. The van der Waals surface area contributed by atoms with E-state index in [1.165, 1.54) is 9.80 Å². The minimum absolute atomic E-state index is 0.262. The summed E-state index contributed by atoms with van der Waals surface area (Å²) >= 11 is 0. The van der Waals surface area contributed by atoms with E-state index in [1.54, 1.807) is 14.0 Å². The molecule has 71 valence electrons. The van der Waals surface area contributed by atoms with Gasteiger partial charge >= 0.3 is 0 Å². The predicted octanol–water partition coefficient (Wildman–Crippen LogP) is -0.793. The van der Waals surface area contributed by atoms with Crippen molar-refractivity contribution >= 4 is 10.1 Å². The molecular weight excluding hydrogens is 180 g/mol. The van der Waals surface area contributed by atoms with Gasteiger partial charge in [-0.1, -0.05) is 0 Å². The van der Waals surface area contributed by atoms with E-state index < -0.39 is 16.0 Å². The molecular formula is C6H13N2O3S. The number of nitrogens with zero attached hydrogens (tertiary/aromatic N) is 2. The second kappa shape index (κ2) is 4.76. The van der Waals surface area contributed by atoms with Crippen molar-refractivity contribution < 1.29 is 13.0 Å². The summed E-state index contributed by atoms with van der Waals surface area (Å²) in [5.41, 5.74) is 0. The monoisotopic (exact) mass is 193 g/mol. The van der Waals surface area contributed by atoms with Crippen LogP contribution >= 0.6 is 0 Å². The molecule has 0 heterocycles. The van der Waals surface area contributed by atoms with Crippen LogP contribution in [-0.2, 0) is 10.1 Å². The van der Waals surface area contributed by atoms with Crippen LogP contribution in [0.1, 0.15) is 6.92 Å². The van der Waals surface area contributed by atoms with Crippen molar-refractivity contribution in [3.8, 4) is 0 Å². The zero-order chi connectivity index (χ0) is 9.78. The lowest BCUT2D eigenvalue weighted by Gasteiger charge is -2.15. The van der Waals surface area contributed by atoms with Crippen molar-refractivity contribution in [3.05, 3.63) is 7.05 Å². The maximum atomic E-state index is 10.3. The van der Waals surface area contributed by atoms with E-state index in [4.69, 9.17) is 7.05 Å². The number of rotatable bonds is 5. The SMILES string of the molecule is [CH]N(C)C[N+](CC)CS(=O)(=O)[O-]. The first kappa shape index (κ1) is 11.8. The molecule has 0 atom stereocenters. The summed E-state index contributed by atoms with van der Waals surface area (Å²) in [5, 5.41) is 0. The van der Waals surface area contributed by atoms with Crippen LogP contribution in [0.15, 0.2) is 0 Å². The summed E-state index contributed by atoms with van der Waals surface area (Å²) in [6, 6.07) is 0. The Morgan fingerprint density at radius 3 is 2.33 bits per heavy atom. The molecule has 0 saturated carbocycles. The Balaban J connectivity index is 4.01. The van der Waals surface area contributed by atoms with Crippen LogP contribution in [0, 0.1) is 7.05 Å². The molecule has 0 fully saturated rings. The van der Waals surface area contributed by atoms with E-state index in [0.717, 1.165) is 0 Å². The van der Waals surface area contributed by atoms with Crippen molar-refractivity contribution in [1.82, 2.24) is 9.80 Å². The van der Waals surface area contributed by atoms with Crippen molar-refractivity contribution in [1.29, 1.82) is 0 Å². The first-order chi connectivity index (χ1) is 5.35. The molecule has 0 aromatic heterocycles. The van der Waals surface area contributed by atoms with Crippen molar-refractivity contribution in [2.45, 2.75) is 6.92 Å². The fourth-order valence-corrected chi connectivity index (χ4v) is 1.48. The molecule has 0 aliphatic heterocycles. The highest BCUT2D eigenvalue weighted by Gasteiger charge is 2.16. The molecule has 0 amide bonds. The fourth-order valence-electron chi connectivity index (χ4n) is 0.771. The summed E-state index contributed by atoms with van der Waals surface area (Å²) in [4.78, 5) is 2.75. The summed E-state index contributed by atoms with van der Waals surface area (Å²) in [6.45, 7) is 2.50. The highest BCUT2D eigenvalue weighted by molar-refractivity contribution is 7.85. The van der Waals surface area contributed by atoms with Crippen molar-refractivity contribution in [2.75, 3.05) is 26.1 Å². The molecule has 0 saturated heterocycles.